The van der Waals surface area contributed by atoms with Crippen molar-refractivity contribution < 1.29 is 28.9 Å². The first-order valence-corrected chi connectivity index (χ1v) is 6.38. The molecule has 0 saturated heterocycles. The second-order valence-electron chi connectivity index (χ2n) is 4.23. The van der Waals surface area contributed by atoms with E-state index in [4.69, 9.17) is 9.47 Å². The Kier molecular flexibility index (Phi) is 4.98. The zero-order chi connectivity index (χ0) is 15.9. The number of benzene rings is 2. The lowest BCUT2D eigenvalue weighted by molar-refractivity contribution is 0.0150. The minimum absolute atomic E-state index is 0.0504. The lowest BCUT2D eigenvalue weighted by atomic mass is 10.2. The number of rotatable bonds is 5. The van der Waals surface area contributed by atoms with Gasteiger partial charge in [0.2, 0.25) is 6.79 Å². The molecule has 2 aromatic carbocycles. The number of methoxy groups -OCH3 is 1. The van der Waals surface area contributed by atoms with Crippen LogP contribution in [-0.2, 0) is 9.47 Å². The Morgan fingerprint density at radius 2 is 1.82 bits per heavy atom. The lowest BCUT2D eigenvalue weighted by Gasteiger charge is -2.09. The van der Waals surface area contributed by atoms with Crippen LogP contribution >= 0.6 is 0 Å². The first kappa shape index (κ1) is 15.4. The zero-order valence-corrected chi connectivity index (χ0v) is 11.8. The molecule has 0 bridgehead atoms. The van der Waals surface area contributed by atoms with Gasteiger partial charge in [0.25, 0.3) is 0 Å². The first-order valence-electron chi connectivity index (χ1n) is 6.38. The van der Waals surface area contributed by atoms with E-state index in [-0.39, 0.29) is 18.1 Å². The second kappa shape index (κ2) is 7.12. The van der Waals surface area contributed by atoms with E-state index < -0.39 is 11.9 Å². The number of carbonyl (C=O) groups excluding carboxylic acids is 2. The summed E-state index contributed by atoms with van der Waals surface area (Å²) in [5.41, 5.74) is 0.376. The van der Waals surface area contributed by atoms with Crippen LogP contribution in [0.5, 0.6) is 11.5 Å². The molecule has 0 aliphatic heterocycles. The Bertz CT molecular complexity index is 680. The molecule has 0 unspecified atom stereocenters. The number of para-hydroxylation sites is 1. The Labute approximate surface area is 126 Å². The summed E-state index contributed by atoms with van der Waals surface area (Å²) in [6.07, 6.45) is 0. The van der Waals surface area contributed by atoms with Crippen LogP contribution in [0.4, 0.5) is 0 Å². The van der Waals surface area contributed by atoms with Crippen molar-refractivity contribution in [3.63, 3.8) is 0 Å². The minimum atomic E-state index is -0.706. The van der Waals surface area contributed by atoms with E-state index >= 15 is 0 Å². The number of ether oxygens (including phenoxy) is 3. The molecule has 6 nitrogen and oxygen atoms in total. The number of phenolic OH excluding ortho intramolecular Hbond substituents is 1. The molecule has 22 heavy (non-hydrogen) atoms. The molecular weight excluding hydrogens is 288 g/mol. The molecule has 1 N–H and O–H groups in total. The van der Waals surface area contributed by atoms with Crippen LogP contribution in [0.15, 0.2) is 48.5 Å². The van der Waals surface area contributed by atoms with Crippen LogP contribution in [0, 0.1) is 0 Å². The maximum atomic E-state index is 11.7. The number of carbonyl (C=O) groups is 2. The molecule has 0 heterocycles. The van der Waals surface area contributed by atoms with E-state index in [1.54, 1.807) is 30.3 Å². The number of aromatic hydroxyl groups is 1. The molecular formula is C16H14O6. The Morgan fingerprint density at radius 3 is 2.55 bits per heavy atom. The molecule has 0 atom stereocenters. The number of hydrogen-bond acceptors (Lipinski definition) is 6. The molecule has 2 aromatic rings. The summed E-state index contributed by atoms with van der Waals surface area (Å²) in [4.78, 5) is 23.1. The molecule has 2 rings (SSSR count). The van der Waals surface area contributed by atoms with Gasteiger partial charge in [-0.3, -0.25) is 0 Å². The van der Waals surface area contributed by atoms with Crippen LogP contribution in [0.25, 0.3) is 0 Å². The number of phenols is 1. The molecule has 0 saturated carbocycles. The lowest BCUT2D eigenvalue weighted by Crippen LogP contribution is -2.11. The smallest absolute Gasteiger partial charge is 0.344 e. The van der Waals surface area contributed by atoms with Gasteiger partial charge in [-0.2, -0.15) is 0 Å². The van der Waals surface area contributed by atoms with Gasteiger partial charge in [0.05, 0.1) is 12.7 Å². The van der Waals surface area contributed by atoms with Crippen LogP contribution in [0.2, 0.25) is 0 Å². The molecule has 0 radical (unpaired) electrons. The largest absolute Gasteiger partial charge is 0.507 e. The third-order valence-electron chi connectivity index (χ3n) is 2.79. The third kappa shape index (κ3) is 3.76. The fraction of sp³-hybridized carbons (Fsp3) is 0.125. The molecule has 0 fully saturated rings. The molecule has 114 valence electrons. The van der Waals surface area contributed by atoms with Gasteiger partial charge in [0.15, 0.2) is 0 Å². The van der Waals surface area contributed by atoms with Crippen LogP contribution in [-0.4, -0.2) is 30.9 Å². The summed E-state index contributed by atoms with van der Waals surface area (Å²) in [6.45, 7) is -0.349. The Balaban J connectivity index is 1.93. The molecule has 6 heteroatoms. The molecule has 0 amide bonds. The van der Waals surface area contributed by atoms with Gasteiger partial charge >= 0.3 is 11.9 Å². The maximum Gasteiger partial charge on any atom is 0.344 e. The standard InChI is InChI=1S/C16H14O6/c1-20-15(18)11-5-4-6-12(9-11)21-10-22-16(19)13-7-2-3-8-14(13)17/h2-9,17H,10H2,1H3. The highest BCUT2D eigenvalue weighted by molar-refractivity contribution is 5.92. The fourth-order valence-corrected chi connectivity index (χ4v) is 1.71. The van der Waals surface area contributed by atoms with Crippen molar-refractivity contribution in [2.45, 2.75) is 0 Å². The van der Waals surface area contributed by atoms with Gasteiger partial charge in [0, 0.05) is 0 Å². The Morgan fingerprint density at radius 1 is 1.05 bits per heavy atom. The predicted octanol–water partition coefficient (Wildman–Crippen LogP) is 2.37. The van der Waals surface area contributed by atoms with Gasteiger partial charge < -0.3 is 19.3 Å². The van der Waals surface area contributed by atoms with Crippen LogP contribution in [0.3, 0.4) is 0 Å². The predicted molar refractivity (Wildman–Crippen MR) is 76.8 cm³/mol. The molecule has 0 aliphatic carbocycles. The normalized spacial score (nSPS) is 9.86. The van der Waals surface area contributed by atoms with E-state index in [9.17, 15) is 14.7 Å². The number of hydrogen-bond donors (Lipinski definition) is 1. The average molecular weight is 302 g/mol. The maximum absolute atomic E-state index is 11.7. The van der Waals surface area contributed by atoms with Crippen LogP contribution < -0.4 is 4.74 Å². The van der Waals surface area contributed by atoms with Gasteiger partial charge in [-0.05, 0) is 30.3 Å². The van der Waals surface area contributed by atoms with E-state index in [0.717, 1.165) is 0 Å². The zero-order valence-electron chi connectivity index (χ0n) is 11.8. The molecule has 0 aliphatic rings. The summed E-state index contributed by atoms with van der Waals surface area (Å²) in [5, 5.41) is 9.53. The van der Waals surface area contributed by atoms with E-state index in [0.29, 0.717) is 11.3 Å². The molecule has 0 spiro atoms. The number of esters is 2. The van der Waals surface area contributed by atoms with Crippen molar-refractivity contribution in [2.75, 3.05) is 13.9 Å². The van der Waals surface area contributed by atoms with E-state index in [2.05, 4.69) is 4.74 Å². The second-order valence-corrected chi connectivity index (χ2v) is 4.23. The first-order chi connectivity index (χ1) is 10.6. The highest BCUT2D eigenvalue weighted by Gasteiger charge is 2.12. The minimum Gasteiger partial charge on any atom is -0.507 e. The molecule has 0 aromatic heterocycles. The van der Waals surface area contributed by atoms with E-state index in [1.807, 2.05) is 0 Å². The van der Waals surface area contributed by atoms with Crippen molar-refractivity contribution in [1.29, 1.82) is 0 Å². The third-order valence-corrected chi connectivity index (χ3v) is 2.79. The topological polar surface area (TPSA) is 82.1 Å². The van der Waals surface area contributed by atoms with Gasteiger partial charge in [-0.1, -0.05) is 18.2 Å². The van der Waals surface area contributed by atoms with Gasteiger partial charge in [-0.15, -0.1) is 0 Å². The van der Waals surface area contributed by atoms with Crippen molar-refractivity contribution >= 4 is 11.9 Å². The van der Waals surface area contributed by atoms with E-state index in [1.165, 1.54) is 25.3 Å². The summed E-state index contributed by atoms with van der Waals surface area (Å²) in [6, 6.07) is 12.3. The SMILES string of the molecule is COC(=O)c1cccc(OCOC(=O)c2ccccc2O)c1. The quantitative estimate of drug-likeness (QED) is 0.674. The Hall–Kier alpha value is -3.02. The highest BCUT2D eigenvalue weighted by atomic mass is 16.7. The fourth-order valence-electron chi connectivity index (χ4n) is 1.71. The van der Waals surface area contributed by atoms with Crippen molar-refractivity contribution in [2.24, 2.45) is 0 Å². The van der Waals surface area contributed by atoms with Crippen LogP contribution in [0.1, 0.15) is 20.7 Å². The van der Waals surface area contributed by atoms with Crippen molar-refractivity contribution in [3.05, 3.63) is 59.7 Å². The summed E-state index contributed by atoms with van der Waals surface area (Å²) < 4.78 is 14.7. The summed E-state index contributed by atoms with van der Waals surface area (Å²) in [7, 11) is 1.28. The van der Waals surface area contributed by atoms with Gasteiger partial charge in [0.1, 0.15) is 17.1 Å². The highest BCUT2D eigenvalue weighted by Crippen LogP contribution is 2.17. The average Bonchev–Trinajstić information content (AvgIpc) is 2.54. The monoisotopic (exact) mass is 302 g/mol. The summed E-state index contributed by atoms with van der Waals surface area (Å²) >= 11 is 0. The van der Waals surface area contributed by atoms with Crippen molar-refractivity contribution in [1.82, 2.24) is 0 Å². The summed E-state index contributed by atoms with van der Waals surface area (Å²) in [5.74, 6) is -1.01. The van der Waals surface area contributed by atoms with Gasteiger partial charge in [-0.25, -0.2) is 9.59 Å². The van der Waals surface area contributed by atoms with Crippen molar-refractivity contribution in [3.8, 4) is 11.5 Å².